The standard InChI is InChI=1S/C22H32O/c1-14-15(2)17(4)19(16(14)3)13-12-18-10-9-11-20(21(18)23-8)22(5,6)7/h9-11,16H,12-13H2,1-8H3. The summed E-state index contributed by atoms with van der Waals surface area (Å²) in [5.41, 5.74) is 8.86. The molecule has 1 heteroatoms. The average Bonchev–Trinajstić information content (AvgIpc) is 2.68. The van der Waals surface area contributed by atoms with Gasteiger partial charge in [-0.05, 0) is 67.2 Å². The number of methoxy groups -OCH3 is 1. The molecule has 23 heavy (non-hydrogen) atoms. The van der Waals surface area contributed by atoms with Crippen molar-refractivity contribution in [2.24, 2.45) is 5.92 Å². The van der Waals surface area contributed by atoms with E-state index in [4.69, 9.17) is 4.74 Å². The molecule has 1 nitrogen and oxygen atoms in total. The van der Waals surface area contributed by atoms with Gasteiger partial charge in [-0.25, -0.2) is 0 Å². The van der Waals surface area contributed by atoms with Gasteiger partial charge in [0.2, 0.25) is 0 Å². The summed E-state index contributed by atoms with van der Waals surface area (Å²) in [4.78, 5) is 0. The summed E-state index contributed by atoms with van der Waals surface area (Å²) < 4.78 is 5.79. The van der Waals surface area contributed by atoms with Crippen molar-refractivity contribution in [1.29, 1.82) is 0 Å². The highest BCUT2D eigenvalue weighted by atomic mass is 16.5. The molecule has 0 heterocycles. The van der Waals surface area contributed by atoms with Crippen LogP contribution < -0.4 is 4.74 Å². The average molecular weight is 312 g/mol. The van der Waals surface area contributed by atoms with Gasteiger partial charge < -0.3 is 4.74 Å². The van der Waals surface area contributed by atoms with Crippen molar-refractivity contribution >= 4 is 0 Å². The van der Waals surface area contributed by atoms with Gasteiger partial charge in [0, 0.05) is 0 Å². The fourth-order valence-corrected chi connectivity index (χ4v) is 3.73. The Hall–Kier alpha value is -1.50. The van der Waals surface area contributed by atoms with Crippen LogP contribution in [0.4, 0.5) is 0 Å². The molecule has 1 aliphatic carbocycles. The van der Waals surface area contributed by atoms with Gasteiger partial charge in [-0.15, -0.1) is 0 Å². The Bertz CT molecular complexity index is 653. The van der Waals surface area contributed by atoms with E-state index in [1.807, 2.05) is 0 Å². The van der Waals surface area contributed by atoms with Crippen LogP contribution in [0.3, 0.4) is 0 Å². The van der Waals surface area contributed by atoms with E-state index in [0.29, 0.717) is 5.92 Å². The van der Waals surface area contributed by atoms with Crippen molar-refractivity contribution in [3.8, 4) is 5.75 Å². The Balaban J connectivity index is 2.26. The molecule has 0 saturated carbocycles. The minimum absolute atomic E-state index is 0.103. The zero-order valence-corrected chi connectivity index (χ0v) is 16.1. The van der Waals surface area contributed by atoms with Crippen LogP contribution in [0.25, 0.3) is 0 Å². The van der Waals surface area contributed by atoms with Crippen molar-refractivity contribution in [3.05, 3.63) is 51.6 Å². The number of rotatable bonds is 4. The monoisotopic (exact) mass is 312 g/mol. The Labute approximate surface area is 142 Å². The highest BCUT2D eigenvalue weighted by molar-refractivity contribution is 5.48. The molecular formula is C22H32O. The topological polar surface area (TPSA) is 9.23 Å². The molecule has 0 aromatic heterocycles. The summed E-state index contributed by atoms with van der Waals surface area (Å²) in [5, 5.41) is 0. The molecular weight excluding hydrogens is 280 g/mol. The summed E-state index contributed by atoms with van der Waals surface area (Å²) in [7, 11) is 1.80. The number of ether oxygens (including phenoxy) is 1. The summed E-state index contributed by atoms with van der Waals surface area (Å²) in [6, 6.07) is 6.59. The molecule has 0 saturated heterocycles. The maximum atomic E-state index is 5.79. The number of hydrogen-bond acceptors (Lipinski definition) is 1. The molecule has 0 spiro atoms. The minimum Gasteiger partial charge on any atom is -0.496 e. The van der Waals surface area contributed by atoms with Crippen LogP contribution in [0.1, 0.15) is 66.0 Å². The largest absolute Gasteiger partial charge is 0.496 e. The number of aryl methyl sites for hydroxylation is 1. The maximum Gasteiger partial charge on any atom is 0.125 e. The van der Waals surface area contributed by atoms with Crippen molar-refractivity contribution in [2.45, 2.75) is 66.7 Å². The molecule has 1 atom stereocenters. The SMILES string of the molecule is COc1c(CCC2=C(C)C(C)=C(C)C2C)cccc1C(C)(C)C. The fraction of sp³-hybridized carbons (Fsp3) is 0.545. The third kappa shape index (κ3) is 3.39. The molecule has 2 rings (SSSR count). The highest BCUT2D eigenvalue weighted by Gasteiger charge is 2.24. The second-order valence-corrected chi connectivity index (χ2v) is 7.93. The zero-order chi connectivity index (χ0) is 17.4. The Kier molecular flexibility index (Phi) is 5.08. The van der Waals surface area contributed by atoms with E-state index in [0.717, 1.165) is 18.6 Å². The van der Waals surface area contributed by atoms with Gasteiger partial charge in [0.1, 0.15) is 5.75 Å². The van der Waals surface area contributed by atoms with Crippen molar-refractivity contribution in [2.75, 3.05) is 7.11 Å². The molecule has 0 amide bonds. The van der Waals surface area contributed by atoms with E-state index < -0.39 is 0 Å². The van der Waals surface area contributed by atoms with Gasteiger partial charge in [-0.3, -0.25) is 0 Å². The third-order valence-electron chi connectivity index (χ3n) is 5.58. The highest BCUT2D eigenvalue weighted by Crippen LogP contribution is 2.40. The van der Waals surface area contributed by atoms with Gasteiger partial charge in [-0.2, -0.15) is 0 Å². The van der Waals surface area contributed by atoms with Crippen molar-refractivity contribution in [1.82, 2.24) is 0 Å². The number of para-hydroxylation sites is 1. The first-order valence-electron chi connectivity index (χ1n) is 8.72. The van der Waals surface area contributed by atoms with Gasteiger partial charge in [0.25, 0.3) is 0 Å². The minimum atomic E-state index is 0.103. The first-order valence-corrected chi connectivity index (χ1v) is 8.72. The molecule has 1 aliphatic rings. The van der Waals surface area contributed by atoms with E-state index in [1.165, 1.54) is 27.8 Å². The lowest BCUT2D eigenvalue weighted by molar-refractivity contribution is 0.392. The third-order valence-corrected chi connectivity index (χ3v) is 5.58. The second kappa shape index (κ2) is 6.55. The van der Waals surface area contributed by atoms with E-state index in [9.17, 15) is 0 Å². The summed E-state index contributed by atoms with van der Waals surface area (Å²) >= 11 is 0. The summed E-state index contributed by atoms with van der Waals surface area (Å²) in [6.45, 7) is 15.9. The lowest BCUT2D eigenvalue weighted by Gasteiger charge is -2.24. The second-order valence-electron chi connectivity index (χ2n) is 7.93. The van der Waals surface area contributed by atoms with E-state index in [-0.39, 0.29) is 5.41 Å². The first-order chi connectivity index (χ1) is 10.7. The molecule has 0 aliphatic heterocycles. The Morgan fingerprint density at radius 2 is 1.65 bits per heavy atom. The predicted molar refractivity (Wildman–Crippen MR) is 100 cm³/mol. The Morgan fingerprint density at radius 1 is 1.00 bits per heavy atom. The van der Waals surface area contributed by atoms with Crippen molar-refractivity contribution in [3.63, 3.8) is 0 Å². The van der Waals surface area contributed by atoms with Crippen LogP contribution in [0.2, 0.25) is 0 Å². The van der Waals surface area contributed by atoms with Crippen LogP contribution in [-0.4, -0.2) is 7.11 Å². The van der Waals surface area contributed by atoms with Crippen LogP contribution in [0.5, 0.6) is 5.75 Å². The Morgan fingerprint density at radius 3 is 2.13 bits per heavy atom. The number of benzene rings is 1. The molecule has 0 N–H and O–H groups in total. The van der Waals surface area contributed by atoms with Gasteiger partial charge in [0.15, 0.2) is 0 Å². The molecule has 0 fully saturated rings. The lowest BCUT2D eigenvalue weighted by atomic mass is 9.84. The number of hydrogen-bond donors (Lipinski definition) is 0. The van der Waals surface area contributed by atoms with Gasteiger partial charge in [0.05, 0.1) is 7.11 Å². The van der Waals surface area contributed by atoms with Gasteiger partial charge in [-0.1, -0.05) is 57.0 Å². The van der Waals surface area contributed by atoms with Crippen LogP contribution in [0.15, 0.2) is 40.5 Å². The van der Waals surface area contributed by atoms with Crippen molar-refractivity contribution < 1.29 is 4.74 Å². The number of allylic oxidation sites excluding steroid dienone is 4. The normalized spacial score (nSPS) is 18.9. The molecule has 1 unspecified atom stereocenters. The molecule has 0 bridgehead atoms. The molecule has 1 aromatic carbocycles. The lowest BCUT2D eigenvalue weighted by Crippen LogP contribution is -2.14. The zero-order valence-electron chi connectivity index (χ0n) is 16.1. The maximum absolute atomic E-state index is 5.79. The summed E-state index contributed by atoms with van der Waals surface area (Å²) in [6.07, 6.45) is 2.16. The van der Waals surface area contributed by atoms with E-state index in [2.05, 4.69) is 66.7 Å². The van der Waals surface area contributed by atoms with Crippen LogP contribution >= 0.6 is 0 Å². The fourth-order valence-electron chi connectivity index (χ4n) is 3.73. The van der Waals surface area contributed by atoms with E-state index in [1.54, 1.807) is 12.7 Å². The molecule has 1 aromatic rings. The smallest absolute Gasteiger partial charge is 0.125 e. The van der Waals surface area contributed by atoms with E-state index >= 15 is 0 Å². The molecule has 0 radical (unpaired) electrons. The van der Waals surface area contributed by atoms with Crippen LogP contribution in [0, 0.1) is 5.92 Å². The quantitative estimate of drug-likeness (QED) is 0.640. The molecule has 126 valence electrons. The van der Waals surface area contributed by atoms with Gasteiger partial charge >= 0.3 is 0 Å². The predicted octanol–water partition coefficient (Wildman–Crippen LogP) is 6.23. The first kappa shape index (κ1) is 17.8. The summed E-state index contributed by atoms with van der Waals surface area (Å²) in [5.74, 6) is 1.66. The van der Waals surface area contributed by atoms with Crippen LogP contribution in [-0.2, 0) is 11.8 Å².